The molecule has 1 unspecified atom stereocenters. The van der Waals surface area contributed by atoms with Crippen LogP contribution in [0.25, 0.3) is 0 Å². The molecule has 1 saturated heterocycles. The highest BCUT2D eigenvalue weighted by atomic mass is 16.5. The van der Waals surface area contributed by atoms with Crippen LogP contribution >= 0.6 is 0 Å². The molecule has 110 valence electrons. The molecule has 0 amide bonds. The van der Waals surface area contributed by atoms with Gasteiger partial charge in [0, 0.05) is 25.2 Å². The summed E-state index contributed by atoms with van der Waals surface area (Å²) < 4.78 is 10.1. The van der Waals surface area contributed by atoms with Crippen LogP contribution in [-0.4, -0.2) is 38.2 Å². The summed E-state index contributed by atoms with van der Waals surface area (Å²) >= 11 is 0. The standard InChI is InChI=1S/C15H22N2O3/c1-19-14-4-3-11(7-13(14)8-16)9-17-6-5-12(10-17)15(18)20-2/h3-4,7,12H,5-6,8-10,16H2,1-2H3. The number of benzene rings is 1. The summed E-state index contributed by atoms with van der Waals surface area (Å²) in [4.78, 5) is 13.8. The van der Waals surface area contributed by atoms with E-state index in [1.54, 1.807) is 7.11 Å². The number of methoxy groups -OCH3 is 2. The Morgan fingerprint density at radius 3 is 2.90 bits per heavy atom. The minimum absolute atomic E-state index is 0.00669. The van der Waals surface area contributed by atoms with Crippen molar-refractivity contribution in [3.63, 3.8) is 0 Å². The molecule has 0 aromatic heterocycles. The number of hydrogen-bond acceptors (Lipinski definition) is 5. The van der Waals surface area contributed by atoms with Gasteiger partial charge in [-0.05, 0) is 30.7 Å². The maximum Gasteiger partial charge on any atom is 0.310 e. The molecule has 20 heavy (non-hydrogen) atoms. The van der Waals surface area contributed by atoms with E-state index in [9.17, 15) is 4.79 Å². The van der Waals surface area contributed by atoms with E-state index in [1.807, 2.05) is 12.1 Å². The monoisotopic (exact) mass is 278 g/mol. The molecule has 1 atom stereocenters. The second kappa shape index (κ2) is 6.72. The SMILES string of the molecule is COC(=O)C1CCN(Cc2ccc(OC)c(CN)c2)C1. The van der Waals surface area contributed by atoms with E-state index < -0.39 is 0 Å². The molecule has 0 spiro atoms. The molecule has 5 nitrogen and oxygen atoms in total. The molecule has 0 bridgehead atoms. The van der Waals surface area contributed by atoms with E-state index in [4.69, 9.17) is 15.2 Å². The molecule has 0 aliphatic carbocycles. The Morgan fingerprint density at radius 1 is 1.45 bits per heavy atom. The van der Waals surface area contributed by atoms with E-state index in [-0.39, 0.29) is 11.9 Å². The van der Waals surface area contributed by atoms with E-state index in [0.717, 1.165) is 37.4 Å². The lowest BCUT2D eigenvalue weighted by molar-refractivity contribution is -0.144. The molecular formula is C15H22N2O3. The summed E-state index contributed by atoms with van der Waals surface area (Å²) in [6.45, 7) is 2.96. The van der Waals surface area contributed by atoms with Gasteiger partial charge < -0.3 is 15.2 Å². The molecule has 1 aliphatic heterocycles. The largest absolute Gasteiger partial charge is 0.496 e. The Kier molecular flexibility index (Phi) is 4.98. The van der Waals surface area contributed by atoms with Crippen LogP contribution in [0.5, 0.6) is 5.75 Å². The number of likely N-dealkylation sites (tertiary alicyclic amines) is 1. The van der Waals surface area contributed by atoms with Crippen LogP contribution in [0.15, 0.2) is 18.2 Å². The molecule has 0 saturated carbocycles. The fraction of sp³-hybridized carbons (Fsp3) is 0.533. The lowest BCUT2D eigenvalue weighted by Crippen LogP contribution is -2.23. The minimum atomic E-state index is -0.107. The van der Waals surface area contributed by atoms with Crippen molar-refractivity contribution in [2.45, 2.75) is 19.5 Å². The molecule has 2 N–H and O–H groups in total. The Morgan fingerprint density at radius 2 is 2.25 bits per heavy atom. The summed E-state index contributed by atoms with van der Waals surface area (Å²) in [5, 5.41) is 0. The quantitative estimate of drug-likeness (QED) is 0.819. The van der Waals surface area contributed by atoms with Crippen LogP contribution < -0.4 is 10.5 Å². The zero-order valence-corrected chi connectivity index (χ0v) is 12.1. The van der Waals surface area contributed by atoms with E-state index >= 15 is 0 Å². The highest BCUT2D eigenvalue weighted by Gasteiger charge is 2.28. The van der Waals surface area contributed by atoms with Crippen LogP contribution in [-0.2, 0) is 22.6 Å². The van der Waals surface area contributed by atoms with Crippen molar-refractivity contribution in [2.75, 3.05) is 27.3 Å². The summed E-state index contributed by atoms with van der Waals surface area (Å²) in [5.41, 5.74) is 7.93. The fourth-order valence-corrected chi connectivity index (χ4v) is 2.68. The zero-order chi connectivity index (χ0) is 14.5. The van der Waals surface area contributed by atoms with Gasteiger partial charge in [0.2, 0.25) is 0 Å². The maximum absolute atomic E-state index is 11.5. The average Bonchev–Trinajstić information content (AvgIpc) is 2.94. The first kappa shape index (κ1) is 14.8. The van der Waals surface area contributed by atoms with Crippen molar-refractivity contribution in [1.29, 1.82) is 0 Å². The molecule has 1 aliphatic rings. The summed E-state index contributed by atoms with van der Waals surface area (Å²) in [6.07, 6.45) is 0.868. The normalized spacial score (nSPS) is 19.1. The fourth-order valence-electron chi connectivity index (χ4n) is 2.68. The third-order valence-corrected chi connectivity index (χ3v) is 3.78. The maximum atomic E-state index is 11.5. The predicted molar refractivity (Wildman–Crippen MR) is 76.3 cm³/mol. The molecule has 2 rings (SSSR count). The highest BCUT2D eigenvalue weighted by Crippen LogP contribution is 2.23. The van der Waals surface area contributed by atoms with Crippen molar-refractivity contribution >= 4 is 5.97 Å². The highest BCUT2D eigenvalue weighted by molar-refractivity contribution is 5.72. The second-order valence-electron chi connectivity index (χ2n) is 5.09. The van der Waals surface area contributed by atoms with Crippen molar-refractivity contribution < 1.29 is 14.3 Å². The van der Waals surface area contributed by atoms with Gasteiger partial charge in [0.25, 0.3) is 0 Å². The lowest BCUT2D eigenvalue weighted by Gasteiger charge is -2.17. The molecule has 1 heterocycles. The molecular weight excluding hydrogens is 256 g/mol. The van der Waals surface area contributed by atoms with Crippen LogP contribution in [0.3, 0.4) is 0 Å². The van der Waals surface area contributed by atoms with Gasteiger partial charge in [-0.2, -0.15) is 0 Å². The van der Waals surface area contributed by atoms with Crippen LogP contribution in [0.4, 0.5) is 0 Å². The topological polar surface area (TPSA) is 64.8 Å². The van der Waals surface area contributed by atoms with E-state index in [0.29, 0.717) is 6.54 Å². The van der Waals surface area contributed by atoms with Crippen molar-refractivity contribution in [3.8, 4) is 5.75 Å². The number of nitrogens with zero attached hydrogens (tertiary/aromatic N) is 1. The van der Waals surface area contributed by atoms with Crippen LogP contribution in [0.2, 0.25) is 0 Å². The van der Waals surface area contributed by atoms with Gasteiger partial charge in [-0.15, -0.1) is 0 Å². The zero-order valence-electron chi connectivity index (χ0n) is 12.1. The van der Waals surface area contributed by atoms with Crippen molar-refractivity contribution in [3.05, 3.63) is 29.3 Å². The average molecular weight is 278 g/mol. The molecule has 1 aromatic carbocycles. The van der Waals surface area contributed by atoms with E-state index in [1.165, 1.54) is 12.7 Å². The predicted octanol–water partition coefficient (Wildman–Crippen LogP) is 1.15. The Hall–Kier alpha value is -1.59. The third kappa shape index (κ3) is 3.29. The molecule has 1 fully saturated rings. The number of carbonyl (C=O) groups excluding carboxylic acids is 1. The molecule has 0 radical (unpaired) electrons. The van der Waals surface area contributed by atoms with Crippen molar-refractivity contribution in [2.24, 2.45) is 11.7 Å². The number of rotatable bonds is 5. The van der Waals surface area contributed by atoms with Gasteiger partial charge >= 0.3 is 5.97 Å². The van der Waals surface area contributed by atoms with Gasteiger partial charge in [-0.25, -0.2) is 0 Å². The van der Waals surface area contributed by atoms with Gasteiger partial charge in [0.15, 0.2) is 0 Å². The Labute approximate surface area is 119 Å². The van der Waals surface area contributed by atoms with Gasteiger partial charge in [0.05, 0.1) is 20.1 Å². The number of nitrogens with two attached hydrogens (primary N) is 1. The number of ether oxygens (including phenoxy) is 2. The smallest absolute Gasteiger partial charge is 0.310 e. The third-order valence-electron chi connectivity index (χ3n) is 3.78. The van der Waals surface area contributed by atoms with Gasteiger partial charge in [-0.3, -0.25) is 9.69 Å². The van der Waals surface area contributed by atoms with E-state index in [2.05, 4.69) is 11.0 Å². The minimum Gasteiger partial charge on any atom is -0.496 e. The molecule has 1 aromatic rings. The summed E-state index contributed by atoms with van der Waals surface area (Å²) in [6, 6.07) is 6.07. The first-order chi connectivity index (χ1) is 9.67. The number of hydrogen-bond donors (Lipinski definition) is 1. The second-order valence-corrected chi connectivity index (χ2v) is 5.09. The van der Waals surface area contributed by atoms with Gasteiger partial charge in [-0.1, -0.05) is 6.07 Å². The van der Waals surface area contributed by atoms with Crippen LogP contribution in [0, 0.1) is 5.92 Å². The summed E-state index contributed by atoms with van der Waals surface area (Å²) in [7, 11) is 3.09. The first-order valence-corrected chi connectivity index (χ1v) is 6.84. The van der Waals surface area contributed by atoms with Gasteiger partial charge in [0.1, 0.15) is 5.75 Å². The lowest BCUT2D eigenvalue weighted by atomic mass is 10.1. The Bertz CT molecular complexity index is 476. The Balaban J connectivity index is 1.99. The number of carbonyl (C=O) groups is 1. The molecule has 5 heteroatoms. The van der Waals surface area contributed by atoms with Crippen LogP contribution in [0.1, 0.15) is 17.5 Å². The summed E-state index contributed by atoms with van der Waals surface area (Å²) in [5.74, 6) is 0.724. The first-order valence-electron chi connectivity index (χ1n) is 6.84. The number of esters is 1. The van der Waals surface area contributed by atoms with Crippen molar-refractivity contribution in [1.82, 2.24) is 4.90 Å².